The average Bonchev–Trinajstić information content (AvgIpc) is 2.65. The third-order valence-corrected chi connectivity index (χ3v) is 2.65. The Balaban J connectivity index is 2.45. The van der Waals surface area contributed by atoms with Crippen molar-refractivity contribution in [2.24, 2.45) is 12.9 Å². The zero-order valence-electron chi connectivity index (χ0n) is 10.2. The van der Waals surface area contributed by atoms with Crippen LogP contribution in [0.5, 0.6) is 0 Å². The van der Waals surface area contributed by atoms with Crippen LogP contribution in [-0.4, -0.2) is 20.0 Å². The van der Waals surface area contributed by atoms with Crippen molar-refractivity contribution in [3.05, 3.63) is 41.0 Å². The quantitative estimate of drug-likeness (QED) is 0.590. The van der Waals surface area contributed by atoms with Gasteiger partial charge in [0.05, 0.1) is 17.9 Å². The summed E-state index contributed by atoms with van der Waals surface area (Å²) in [5.41, 5.74) is 6.70. The number of hydrogen-bond acceptors (Lipinski definition) is 5. The summed E-state index contributed by atoms with van der Waals surface area (Å²) in [6.45, 7) is 3.93. The molecule has 0 aliphatic heterocycles. The van der Waals surface area contributed by atoms with Gasteiger partial charge in [-0.1, -0.05) is 5.21 Å². The molecule has 90 valence electrons. The minimum atomic E-state index is -0.129. The van der Waals surface area contributed by atoms with Crippen LogP contribution in [0.25, 0.3) is 0 Å². The lowest BCUT2D eigenvalue weighted by atomic mass is 10.0. The first-order valence-corrected chi connectivity index (χ1v) is 5.37. The normalized spacial score (nSPS) is 12.7. The third kappa shape index (κ3) is 2.32. The van der Waals surface area contributed by atoms with E-state index in [0.717, 1.165) is 22.6 Å². The van der Waals surface area contributed by atoms with E-state index in [1.807, 2.05) is 33.0 Å². The van der Waals surface area contributed by atoms with Crippen molar-refractivity contribution in [2.45, 2.75) is 19.9 Å². The second-order valence-electron chi connectivity index (χ2n) is 4.07. The first-order valence-electron chi connectivity index (χ1n) is 5.37. The number of rotatable bonds is 3. The van der Waals surface area contributed by atoms with Crippen LogP contribution in [0, 0.1) is 13.8 Å². The van der Waals surface area contributed by atoms with Crippen molar-refractivity contribution < 1.29 is 0 Å². The predicted octanol–water partition coefficient (Wildman–Crippen LogP) is 0.380. The number of hydrazine groups is 1. The number of pyridine rings is 1. The monoisotopic (exact) mass is 232 g/mol. The Morgan fingerprint density at radius 3 is 2.41 bits per heavy atom. The molecule has 2 aromatic heterocycles. The van der Waals surface area contributed by atoms with E-state index in [9.17, 15) is 0 Å². The molecule has 0 spiro atoms. The van der Waals surface area contributed by atoms with E-state index < -0.39 is 0 Å². The van der Waals surface area contributed by atoms with Crippen molar-refractivity contribution in [3.63, 3.8) is 0 Å². The first-order chi connectivity index (χ1) is 8.11. The highest BCUT2D eigenvalue weighted by molar-refractivity contribution is 5.29. The second-order valence-corrected chi connectivity index (χ2v) is 4.07. The van der Waals surface area contributed by atoms with Crippen LogP contribution in [-0.2, 0) is 7.05 Å². The summed E-state index contributed by atoms with van der Waals surface area (Å²) >= 11 is 0. The standard InChI is InChI=1S/C11H16N6/c1-7-4-9(5-8(2)14-7)11(15-12)10-6-13-16-17(10)3/h4-6,11,15H,12H2,1-3H3. The van der Waals surface area contributed by atoms with E-state index in [0.29, 0.717) is 0 Å². The summed E-state index contributed by atoms with van der Waals surface area (Å²) in [7, 11) is 1.84. The van der Waals surface area contributed by atoms with Crippen molar-refractivity contribution in [1.82, 2.24) is 25.4 Å². The molecule has 0 aliphatic rings. The van der Waals surface area contributed by atoms with Crippen molar-refractivity contribution in [1.29, 1.82) is 0 Å². The van der Waals surface area contributed by atoms with E-state index in [1.165, 1.54) is 0 Å². The lowest BCUT2D eigenvalue weighted by molar-refractivity contribution is 0.569. The van der Waals surface area contributed by atoms with Crippen molar-refractivity contribution in [2.75, 3.05) is 0 Å². The van der Waals surface area contributed by atoms with Gasteiger partial charge >= 0.3 is 0 Å². The minimum absolute atomic E-state index is 0.129. The molecule has 2 rings (SSSR count). The maximum absolute atomic E-state index is 5.63. The van der Waals surface area contributed by atoms with E-state index in [4.69, 9.17) is 5.84 Å². The van der Waals surface area contributed by atoms with Gasteiger partial charge in [0.2, 0.25) is 0 Å². The summed E-state index contributed by atoms with van der Waals surface area (Å²) in [4.78, 5) is 4.35. The summed E-state index contributed by atoms with van der Waals surface area (Å²) in [6.07, 6.45) is 1.70. The molecular weight excluding hydrogens is 216 g/mol. The Morgan fingerprint density at radius 2 is 1.94 bits per heavy atom. The fourth-order valence-electron chi connectivity index (χ4n) is 1.94. The molecule has 0 fully saturated rings. The van der Waals surface area contributed by atoms with Gasteiger partial charge in [-0.15, -0.1) is 5.10 Å². The summed E-state index contributed by atoms with van der Waals surface area (Å²) < 4.78 is 1.70. The maximum Gasteiger partial charge on any atom is 0.0895 e. The van der Waals surface area contributed by atoms with Crippen LogP contribution in [0.3, 0.4) is 0 Å². The van der Waals surface area contributed by atoms with Gasteiger partial charge in [-0.05, 0) is 31.5 Å². The van der Waals surface area contributed by atoms with E-state index in [-0.39, 0.29) is 6.04 Å². The highest BCUT2D eigenvalue weighted by atomic mass is 15.4. The van der Waals surface area contributed by atoms with Gasteiger partial charge < -0.3 is 0 Å². The first kappa shape index (κ1) is 11.7. The molecule has 0 amide bonds. The molecule has 0 saturated carbocycles. The predicted molar refractivity (Wildman–Crippen MR) is 63.9 cm³/mol. The van der Waals surface area contributed by atoms with Crippen molar-refractivity contribution >= 4 is 0 Å². The van der Waals surface area contributed by atoms with Crippen molar-refractivity contribution in [3.8, 4) is 0 Å². The highest BCUT2D eigenvalue weighted by Gasteiger charge is 2.17. The van der Waals surface area contributed by atoms with Gasteiger partial charge in [-0.3, -0.25) is 15.5 Å². The molecular formula is C11H16N6. The molecule has 0 aromatic carbocycles. The molecule has 2 aromatic rings. The lowest BCUT2D eigenvalue weighted by Crippen LogP contribution is -2.30. The lowest BCUT2D eigenvalue weighted by Gasteiger charge is -2.16. The number of nitrogens with two attached hydrogens (primary N) is 1. The van der Waals surface area contributed by atoms with Gasteiger partial charge in [0.25, 0.3) is 0 Å². The Bertz CT molecular complexity index is 498. The SMILES string of the molecule is Cc1cc(C(NN)c2cnnn2C)cc(C)n1. The van der Waals surface area contributed by atoms with Crippen LogP contribution >= 0.6 is 0 Å². The van der Waals surface area contributed by atoms with Crippen LogP contribution in [0.4, 0.5) is 0 Å². The van der Waals surface area contributed by atoms with Crippen LogP contribution in [0.2, 0.25) is 0 Å². The largest absolute Gasteiger partial charge is 0.271 e. The molecule has 17 heavy (non-hydrogen) atoms. The smallest absolute Gasteiger partial charge is 0.0895 e. The molecule has 0 bridgehead atoms. The van der Waals surface area contributed by atoms with E-state index in [1.54, 1.807) is 10.9 Å². The second kappa shape index (κ2) is 4.60. The van der Waals surface area contributed by atoms with E-state index in [2.05, 4.69) is 20.7 Å². The van der Waals surface area contributed by atoms with Gasteiger partial charge in [0, 0.05) is 18.4 Å². The average molecular weight is 232 g/mol. The van der Waals surface area contributed by atoms with E-state index >= 15 is 0 Å². The Kier molecular flexibility index (Phi) is 3.16. The maximum atomic E-state index is 5.63. The van der Waals surface area contributed by atoms with Gasteiger partial charge in [-0.25, -0.2) is 5.43 Å². The summed E-state index contributed by atoms with van der Waals surface area (Å²) in [5, 5.41) is 7.77. The zero-order valence-corrected chi connectivity index (χ0v) is 10.2. The molecule has 3 N–H and O–H groups in total. The summed E-state index contributed by atoms with van der Waals surface area (Å²) in [6, 6.07) is 3.88. The Hall–Kier alpha value is -1.79. The fourth-order valence-corrected chi connectivity index (χ4v) is 1.94. The van der Waals surface area contributed by atoms with Crippen LogP contribution in [0.15, 0.2) is 18.3 Å². The molecule has 6 heteroatoms. The molecule has 1 unspecified atom stereocenters. The van der Waals surface area contributed by atoms with Gasteiger partial charge in [0.15, 0.2) is 0 Å². The van der Waals surface area contributed by atoms with Gasteiger partial charge in [-0.2, -0.15) is 0 Å². The Labute approximate surface area is 99.8 Å². The molecule has 0 saturated heterocycles. The molecule has 0 radical (unpaired) electrons. The minimum Gasteiger partial charge on any atom is -0.271 e. The molecule has 6 nitrogen and oxygen atoms in total. The number of hydrogen-bond donors (Lipinski definition) is 2. The third-order valence-electron chi connectivity index (χ3n) is 2.65. The molecule has 1 atom stereocenters. The van der Waals surface area contributed by atoms with Crippen LogP contribution < -0.4 is 11.3 Å². The number of nitrogens with one attached hydrogen (secondary N) is 1. The molecule has 2 heterocycles. The molecule has 0 aliphatic carbocycles. The number of aryl methyl sites for hydroxylation is 3. The highest BCUT2D eigenvalue weighted by Crippen LogP contribution is 2.20. The topological polar surface area (TPSA) is 81.6 Å². The Morgan fingerprint density at radius 1 is 1.29 bits per heavy atom. The number of nitrogens with zero attached hydrogens (tertiary/aromatic N) is 4. The van der Waals surface area contributed by atoms with Gasteiger partial charge in [0.1, 0.15) is 0 Å². The number of aromatic nitrogens is 4. The van der Waals surface area contributed by atoms with Crippen LogP contribution in [0.1, 0.15) is 28.7 Å². The summed E-state index contributed by atoms with van der Waals surface area (Å²) in [5.74, 6) is 5.63. The fraction of sp³-hybridized carbons (Fsp3) is 0.364. The zero-order chi connectivity index (χ0) is 12.4.